The molecule has 44 heavy (non-hydrogen) atoms. The largest absolute Gasteiger partial charge is 0.462 e. The van der Waals surface area contributed by atoms with E-state index < -0.39 is 54.0 Å². The Morgan fingerprint density at radius 2 is 1.32 bits per heavy atom. The molecule has 6 aliphatic rings. The van der Waals surface area contributed by atoms with Crippen molar-refractivity contribution in [2.75, 3.05) is 0 Å². The van der Waals surface area contributed by atoms with Crippen molar-refractivity contribution in [3.63, 3.8) is 0 Å². The van der Waals surface area contributed by atoms with Gasteiger partial charge in [-0.05, 0) is 106 Å². The lowest BCUT2D eigenvalue weighted by Gasteiger charge is -2.46. The lowest BCUT2D eigenvalue weighted by atomic mass is 9.65. The molecule has 6 rings (SSSR count). The van der Waals surface area contributed by atoms with Gasteiger partial charge in [0.1, 0.15) is 36.3 Å². The number of hydrogen-bond acceptors (Lipinski definition) is 8. The van der Waals surface area contributed by atoms with Crippen molar-refractivity contribution in [1.29, 1.82) is 0 Å². The number of esters is 4. The minimum atomic E-state index is -0.836. The van der Waals surface area contributed by atoms with Crippen LogP contribution in [0.1, 0.15) is 130 Å². The van der Waals surface area contributed by atoms with Crippen molar-refractivity contribution in [2.24, 2.45) is 35.5 Å². The molecule has 6 bridgehead atoms. The third-order valence-corrected chi connectivity index (χ3v) is 11.4. The first-order valence-electron chi connectivity index (χ1n) is 17.5. The van der Waals surface area contributed by atoms with Gasteiger partial charge in [0.2, 0.25) is 0 Å². The van der Waals surface area contributed by atoms with Gasteiger partial charge in [-0.1, -0.05) is 38.8 Å². The second-order valence-electron chi connectivity index (χ2n) is 16.0. The highest BCUT2D eigenvalue weighted by atomic mass is 16.6. The average Bonchev–Trinajstić information content (AvgIpc) is 2.85. The monoisotopic (exact) mass is 612 g/mol. The highest BCUT2D eigenvalue weighted by Gasteiger charge is 2.48. The number of rotatable bonds is 8. The molecule has 0 saturated heterocycles. The molecule has 5 saturated carbocycles. The van der Waals surface area contributed by atoms with Crippen LogP contribution in [0, 0.1) is 35.5 Å². The summed E-state index contributed by atoms with van der Waals surface area (Å²) >= 11 is 0. The maximum absolute atomic E-state index is 13.1. The average molecular weight is 613 g/mol. The van der Waals surface area contributed by atoms with E-state index in [1.165, 1.54) is 32.1 Å². The third kappa shape index (κ3) is 7.70. The highest BCUT2D eigenvalue weighted by Crippen LogP contribution is 2.48. The normalized spacial score (nSPS) is 41.0. The lowest BCUT2D eigenvalue weighted by molar-refractivity contribution is -0.179. The fourth-order valence-electron chi connectivity index (χ4n) is 10.6. The van der Waals surface area contributed by atoms with E-state index in [2.05, 4.69) is 26.8 Å². The SMILES string of the molecule is CC1C=C2CC(OC(=O)CC(=O)OC34CCCC(CC(C)C3)C4)CC(OC(=O)CC(=O)OC3CC4CC(C)CC(C4)C3)(C2)C1. The molecule has 244 valence electrons. The Balaban J connectivity index is 1.000. The van der Waals surface area contributed by atoms with E-state index in [1.54, 1.807) is 0 Å². The van der Waals surface area contributed by atoms with Crippen LogP contribution in [-0.2, 0) is 38.1 Å². The second-order valence-corrected chi connectivity index (χ2v) is 16.0. The molecule has 8 atom stereocenters. The van der Waals surface area contributed by atoms with Gasteiger partial charge in [0.05, 0.1) is 0 Å². The summed E-state index contributed by atoms with van der Waals surface area (Å²) in [5.41, 5.74) is -0.192. The molecule has 8 unspecified atom stereocenters. The molecule has 6 aliphatic carbocycles. The second kappa shape index (κ2) is 12.8. The fraction of sp³-hybridized carbons (Fsp3) is 0.833. The molecular weight excluding hydrogens is 560 g/mol. The van der Waals surface area contributed by atoms with Crippen LogP contribution in [0.2, 0.25) is 0 Å². The summed E-state index contributed by atoms with van der Waals surface area (Å²) in [6.45, 7) is 6.61. The smallest absolute Gasteiger partial charge is 0.317 e. The number of carbonyl (C=O) groups excluding carboxylic acids is 4. The van der Waals surface area contributed by atoms with E-state index >= 15 is 0 Å². The standard InChI is InChI=1S/C36H52O8/c1-22-7-26-11-27(8-22)13-29(12-26)41-31(37)15-34(40)44-36-18-24(3)10-28(20-36)14-30(21-36)42-32(38)16-33(39)43-35-6-4-5-25(19-35)9-23(2)17-35/h10,22-27,29-30H,4-9,11-21H2,1-3H3. The van der Waals surface area contributed by atoms with Crippen LogP contribution < -0.4 is 0 Å². The zero-order valence-corrected chi connectivity index (χ0v) is 27.0. The summed E-state index contributed by atoms with van der Waals surface area (Å²) in [5.74, 6) is 1.05. The topological polar surface area (TPSA) is 105 Å². The van der Waals surface area contributed by atoms with Gasteiger partial charge in [-0.2, -0.15) is 0 Å². The van der Waals surface area contributed by atoms with Gasteiger partial charge in [0, 0.05) is 19.3 Å². The molecular formula is C36H52O8. The Morgan fingerprint density at radius 3 is 2.02 bits per heavy atom. The first kappa shape index (κ1) is 31.6. The van der Waals surface area contributed by atoms with Gasteiger partial charge in [0.15, 0.2) is 0 Å². The Kier molecular flexibility index (Phi) is 9.18. The van der Waals surface area contributed by atoms with Crippen molar-refractivity contribution in [1.82, 2.24) is 0 Å². The summed E-state index contributed by atoms with van der Waals surface area (Å²) in [6, 6.07) is 0. The van der Waals surface area contributed by atoms with Crippen LogP contribution in [0.15, 0.2) is 11.6 Å². The van der Waals surface area contributed by atoms with Gasteiger partial charge in [0.25, 0.3) is 0 Å². The van der Waals surface area contributed by atoms with E-state index in [4.69, 9.17) is 18.9 Å². The van der Waals surface area contributed by atoms with Crippen LogP contribution in [0.25, 0.3) is 0 Å². The summed E-state index contributed by atoms with van der Waals surface area (Å²) in [6.07, 6.45) is 14.3. The maximum Gasteiger partial charge on any atom is 0.317 e. The minimum absolute atomic E-state index is 0.111. The molecule has 0 spiro atoms. The number of allylic oxidation sites excluding steroid dienone is 1. The molecule has 0 amide bonds. The van der Waals surface area contributed by atoms with Crippen molar-refractivity contribution in [3.05, 3.63) is 11.6 Å². The summed E-state index contributed by atoms with van der Waals surface area (Å²) in [5, 5.41) is 0. The van der Waals surface area contributed by atoms with Gasteiger partial charge < -0.3 is 18.9 Å². The van der Waals surface area contributed by atoms with Crippen molar-refractivity contribution in [3.8, 4) is 0 Å². The van der Waals surface area contributed by atoms with Gasteiger partial charge in [-0.3, -0.25) is 19.2 Å². The van der Waals surface area contributed by atoms with E-state index in [-0.39, 0.29) is 12.0 Å². The van der Waals surface area contributed by atoms with Crippen LogP contribution in [0.4, 0.5) is 0 Å². The van der Waals surface area contributed by atoms with E-state index in [0.717, 1.165) is 50.0 Å². The van der Waals surface area contributed by atoms with Crippen molar-refractivity contribution in [2.45, 2.75) is 153 Å². The number of hydrogen-bond donors (Lipinski definition) is 0. The minimum Gasteiger partial charge on any atom is -0.462 e. The maximum atomic E-state index is 13.1. The Labute approximate surface area is 262 Å². The third-order valence-electron chi connectivity index (χ3n) is 11.4. The van der Waals surface area contributed by atoms with Crippen molar-refractivity contribution >= 4 is 23.9 Å². The lowest BCUT2D eigenvalue weighted by Crippen LogP contribution is -2.47. The number of ether oxygens (including phenoxy) is 4. The number of carbonyl (C=O) groups is 4. The molecule has 0 aromatic rings. The predicted molar refractivity (Wildman–Crippen MR) is 162 cm³/mol. The van der Waals surface area contributed by atoms with Crippen LogP contribution in [0.5, 0.6) is 0 Å². The first-order valence-corrected chi connectivity index (χ1v) is 17.5. The zero-order chi connectivity index (χ0) is 31.1. The van der Waals surface area contributed by atoms with Crippen LogP contribution in [-0.4, -0.2) is 47.3 Å². The summed E-state index contributed by atoms with van der Waals surface area (Å²) < 4.78 is 23.6. The fourth-order valence-corrected chi connectivity index (χ4v) is 10.6. The summed E-state index contributed by atoms with van der Waals surface area (Å²) in [4.78, 5) is 51.6. The quantitative estimate of drug-likeness (QED) is 0.128. The first-order chi connectivity index (χ1) is 20.9. The van der Waals surface area contributed by atoms with E-state index in [0.29, 0.717) is 49.4 Å². The molecule has 0 heterocycles. The van der Waals surface area contributed by atoms with Gasteiger partial charge in [-0.15, -0.1) is 0 Å². The number of fused-ring (bicyclic) bond motifs is 6. The summed E-state index contributed by atoms with van der Waals surface area (Å²) in [7, 11) is 0. The molecule has 5 fully saturated rings. The molecule has 0 N–H and O–H groups in total. The Hall–Kier alpha value is -2.38. The molecule has 0 aliphatic heterocycles. The van der Waals surface area contributed by atoms with Crippen LogP contribution in [0.3, 0.4) is 0 Å². The van der Waals surface area contributed by atoms with Gasteiger partial charge in [-0.25, -0.2) is 0 Å². The predicted octanol–water partition coefficient (Wildman–Crippen LogP) is 6.77. The zero-order valence-electron chi connectivity index (χ0n) is 27.0. The Morgan fingerprint density at radius 1 is 0.682 bits per heavy atom. The van der Waals surface area contributed by atoms with E-state index in [9.17, 15) is 19.2 Å². The molecule has 0 aromatic heterocycles. The highest BCUT2D eigenvalue weighted by molar-refractivity contribution is 5.92. The molecule has 0 aromatic carbocycles. The van der Waals surface area contributed by atoms with E-state index in [1.807, 2.05) is 0 Å². The molecule has 0 radical (unpaired) electrons. The van der Waals surface area contributed by atoms with Crippen LogP contribution >= 0.6 is 0 Å². The molecule has 8 heteroatoms. The van der Waals surface area contributed by atoms with Gasteiger partial charge >= 0.3 is 23.9 Å². The molecule has 8 nitrogen and oxygen atoms in total. The van der Waals surface area contributed by atoms with Crippen molar-refractivity contribution < 1.29 is 38.1 Å². The Bertz CT molecular complexity index is 1140.